The van der Waals surface area contributed by atoms with E-state index in [1.54, 1.807) is 30.6 Å². The van der Waals surface area contributed by atoms with Crippen LogP contribution in [-0.2, 0) is 4.74 Å². The molecule has 2 fully saturated rings. The summed E-state index contributed by atoms with van der Waals surface area (Å²) >= 11 is 0. The highest BCUT2D eigenvalue weighted by atomic mass is 19.1. The second-order valence-electron chi connectivity index (χ2n) is 9.44. The van der Waals surface area contributed by atoms with Crippen molar-refractivity contribution in [1.82, 2.24) is 15.3 Å². The van der Waals surface area contributed by atoms with E-state index in [1.807, 2.05) is 6.07 Å². The van der Waals surface area contributed by atoms with Gasteiger partial charge in [-0.05, 0) is 42.5 Å². The van der Waals surface area contributed by atoms with Crippen molar-refractivity contribution in [2.24, 2.45) is 4.99 Å². The molecule has 3 aromatic rings. The summed E-state index contributed by atoms with van der Waals surface area (Å²) in [5, 5.41) is 19.4. The number of phenolic OH excluding ortho intramolecular Hbond substituents is 1. The van der Waals surface area contributed by atoms with Crippen LogP contribution in [0.25, 0.3) is 22.0 Å². The van der Waals surface area contributed by atoms with Crippen molar-refractivity contribution in [3.63, 3.8) is 0 Å². The third kappa shape index (κ3) is 3.64. The first kappa shape index (κ1) is 18.8. The number of hydrogen-bond donors (Lipinski definition) is 2. The average molecular weight is 475 g/mol. The smallest absolute Gasteiger partial charge is 0.139 e. The Morgan fingerprint density at radius 2 is 2.31 bits per heavy atom. The fraction of sp³-hybridized carbons (Fsp3) is 0.333. The predicted octanol–water partition coefficient (Wildman–Crippen LogP) is 3.29. The standard InChI is InChI=1S/C27H26FN5O2/c1-3-21-23(28)5-4-17-8-20(34)9-22(26(17)21)24-10-25-18(12-30-24)11-29-16-33(25)32-13-19-6-7-27(14-32,31-19)15-35-2/h1,4-5,8-12,19,31,34H,6-7,13-16H2,2H3/t19-,27+/m1/s1/i2D3. The number of hydrogen-bond acceptors (Lipinski definition) is 7. The van der Waals surface area contributed by atoms with E-state index < -0.39 is 18.4 Å². The van der Waals surface area contributed by atoms with Gasteiger partial charge in [0.2, 0.25) is 0 Å². The molecule has 2 saturated heterocycles. The van der Waals surface area contributed by atoms with E-state index in [-0.39, 0.29) is 24.0 Å². The number of terminal acetylenes is 1. The van der Waals surface area contributed by atoms with Gasteiger partial charge in [0.25, 0.3) is 0 Å². The Morgan fingerprint density at radius 3 is 3.17 bits per heavy atom. The number of nitrogens with one attached hydrogen (secondary N) is 1. The largest absolute Gasteiger partial charge is 0.508 e. The monoisotopic (exact) mass is 474 g/mol. The number of phenols is 1. The van der Waals surface area contributed by atoms with Gasteiger partial charge in [-0.25, -0.2) is 9.40 Å². The van der Waals surface area contributed by atoms with Crippen LogP contribution >= 0.6 is 0 Å². The van der Waals surface area contributed by atoms with Crippen molar-refractivity contribution in [2.45, 2.75) is 24.4 Å². The lowest BCUT2D eigenvalue weighted by molar-refractivity contribution is 0.0560. The summed E-state index contributed by atoms with van der Waals surface area (Å²) in [5.41, 5.74) is 2.37. The van der Waals surface area contributed by atoms with E-state index in [9.17, 15) is 9.50 Å². The Morgan fingerprint density at radius 1 is 1.40 bits per heavy atom. The van der Waals surface area contributed by atoms with Gasteiger partial charge < -0.3 is 15.2 Å². The van der Waals surface area contributed by atoms with Crippen LogP contribution in [0.5, 0.6) is 5.75 Å². The minimum Gasteiger partial charge on any atom is -0.508 e. The fourth-order valence-electron chi connectivity index (χ4n) is 5.67. The third-order valence-corrected chi connectivity index (χ3v) is 7.20. The molecule has 2 N–H and O–H groups in total. The second-order valence-corrected chi connectivity index (χ2v) is 9.44. The van der Waals surface area contributed by atoms with E-state index in [4.69, 9.17) is 15.3 Å². The first-order chi connectivity index (χ1) is 18.1. The van der Waals surface area contributed by atoms with Crippen LogP contribution in [0.15, 0.2) is 41.5 Å². The van der Waals surface area contributed by atoms with Crippen LogP contribution in [-0.4, -0.2) is 66.3 Å². The summed E-state index contributed by atoms with van der Waals surface area (Å²) in [5.74, 6) is 1.96. The number of ether oxygens (including phenoxy) is 1. The molecule has 0 radical (unpaired) electrons. The van der Waals surface area contributed by atoms with Gasteiger partial charge >= 0.3 is 0 Å². The predicted molar refractivity (Wildman–Crippen MR) is 134 cm³/mol. The van der Waals surface area contributed by atoms with Gasteiger partial charge in [0.1, 0.15) is 18.2 Å². The molecule has 3 aliphatic rings. The Labute approximate surface area is 207 Å². The van der Waals surface area contributed by atoms with Crippen molar-refractivity contribution < 1.29 is 18.3 Å². The Kier molecular flexibility index (Phi) is 4.46. The van der Waals surface area contributed by atoms with Gasteiger partial charge in [-0.1, -0.05) is 12.0 Å². The highest BCUT2D eigenvalue weighted by Gasteiger charge is 2.46. The minimum absolute atomic E-state index is 0.0231. The van der Waals surface area contributed by atoms with Crippen molar-refractivity contribution >= 4 is 22.7 Å². The third-order valence-electron chi connectivity index (χ3n) is 7.20. The molecule has 8 heteroatoms. The number of nitrogens with zero attached hydrogens (tertiary/aromatic N) is 4. The Bertz CT molecular complexity index is 1500. The number of aromatic nitrogens is 1. The van der Waals surface area contributed by atoms with Gasteiger partial charge in [-0.2, -0.15) is 0 Å². The molecular weight excluding hydrogens is 445 g/mol. The van der Waals surface area contributed by atoms with Crippen LogP contribution in [0.4, 0.5) is 10.1 Å². The summed E-state index contributed by atoms with van der Waals surface area (Å²) in [6, 6.07) is 8.07. The molecule has 7 nitrogen and oxygen atoms in total. The van der Waals surface area contributed by atoms with Crippen LogP contribution in [0, 0.1) is 18.2 Å². The molecule has 2 aromatic carbocycles. The molecule has 0 amide bonds. The summed E-state index contributed by atoms with van der Waals surface area (Å²) in [6.45, 7) is 1.74. The molecular formula is C27H26FN5O2. The van der Waals surface area contributed by atoms with Gasteiger partial charge in [0.15, 0.2) is 0 Å². The fourth-order valence-corrected chi connectivity index (χ4v) is 5.67. The summed E-state index contributed by atoms with van der Waals surface area (Å²) in [4.78, 5) is 9.14. The molecule has 1 aromatic heterocycles. The molecule has 0 unspecified atom stereocenters. The van der Waals surface area contributed by atoms with Gasteiger partial charge in [0.05, 0.1) is 33.2 Å². The van der Waals surface area contributed by atoms with E-state index in [0.29, 0.717) is 35.2 Å². The lowest BCUT2D eigenvalue weighted by Gasteiger charge is -2.46. The summed E-state index contributed by atoms with van der Waals surface area (Å²) in [7, 11) is -2.46. The van der Waals surface area contributed by atoms with Gasteiger partial charge in [0, 0.05) is 55.1 Å². The minimum atomic E-state index is -2.46. The van der Waals surface area contributed by atoms with Crippen molar-refractivity contribution in [3.8, 4) is 29.4 Å². The topological polar surface area (TPSA) is 73.2 Å². The zero-order valence-electron chi connectivity index (χ0n) is 22.0. The van der Waals surface area contributed by atoms with Crippen LogP contribution in [0.2, 0.25) is 0 Å². The number of aliphatic imine (C=N–C) groups is 1. The molecule has 35 heavy (non-hydrogen) atoms. The van der Waals surface area contributed by atoms with E-state index in [0.717, 1.165) is 30.6 Å². The molecule has 0 aliphatic carbocycles. The zero-order chi connectivity index (χ0) is 26.7. The quantitative estimate of drug-likeness (QED) is 0.566. The van der Waals surface area contributed by atoms with E-state index in [2.05, 4.69) is 31.2 Å². The Balaban J connectivity index is 1.40. The van der Waals surface area contributed by atoms with E-state index in [1.165, 1.54) is 6.07 Å². The zero-order valence-corrected chi connectivity index (χ0v) is 19.0. The number of methoxy groups -OCH3 is 1. The normalized spacial score (nSPS) is 25.1. The highest BCUT2D eigenvalue weighted by Crippen LogP contribution is 2.38. The SMILES string of the molecule is [2H]C([2H])([2H])OC[C@]12CC[C@H](CN(N3CN=Cc4cnc(-c5cc(O)cc6ccc(F)c(C#C)c56)cc43)C1)N2. The maximum atomic E-state index is 14.6. The number of pyridine rings is 1. The first-order valence-electron chi connectivity index (χ1n) is 13.0. The second kappa shape index (κ2) is 8.31. The number of anilines is 1. The van der Waals surface area contributed by atoms with Crippen LogP contribution in [0.3, 0.4) is 0 Å². The molecule has 4 heterocycles. The lowest BCUT2D eigenvalue weighted by atomic mass is 9.95. The molecule has 0 spiro atoms. The highest BCUT2D eigenvalue weighted by molar-refractivity contribution is 6.02. The number of halogens is 1. The molecule has 6 rings (SSSR count). The summed E-state index contributed by atoms with van der Waals surface area (Å²) in [6.07, 6.45) is 10.9. The molecule has 0 saturated carbocycles. The number of hydrazine groups is 1. The number of piperazine rings is 1. The van der Waals surface area contributed by atoms with Crippen molar-refractivity contribution in [1.29, 1.82) is 0 Å². The number of aromatic hydroxyl groups is 1. The molecule has 2 bridgehead atoms. The first-order valence-corrected chi connectivity index (χ1v) is 11.5. The molecule has 3 aliphatic heterocycles. The maximum Gasteiger partial charge on any atom is 0.139 e. The van der Waals surface area contributed by atoms with Gasteiger partial charge in [-0.15, -0.1) is 6.42 Å². The number of fused-ring (bicyclic) bond motifs is 4. The lowest BCUT2D eigenvalue weighted by Crippen LogP contribution is -2.65. The maximum absolute atomic E-state index is 14.6. The summed E-state index contributed by atoms with van der Waals surface area (Å²) < 4.78 is 42.3. The number of benzene rings is 2. The van der Waals surface area contributed by atoms with Crippen molar-refractivity contribution in [2.75, 3.05) is 38.4 Å². The van der Waals surface area contributed by atoms with Gasteiger partial charge in [-0.3, -0.25) is 15.0 Å². The van der Waals surface area contributed by atoms with Crippen LogP contribution < -0.4 is 10.3 Å². The molecule has 2 atom stereocenters. The van der Waals surface area contributed by atoms with Crippen LogP contribution in [0.1, 0.15) is 28.1 Å². The number of rotatable bonds is 4. The molecule has 178 valence electrons. The average Bonchev–Trinajstić information content (AvgIpc) is 3.20. The van der Waals surface area contributed by atoms with E-state index >= 15 is 0 Å². The van der Waals surface area contributed by atoms with Crippen molar-refractivity contribution in [3.05, 3.63) is 53.5 Å². The Hall–Kier alpha value is -3.51.